The molecule has 1 aromatic rings. The molecule has 0 amide bonds. The highest BCUT2D eigenvalue weighted by molar-refractivity contribution is 5.75. The molecular weight excluding hydrogens is 297 g/mol. The van der Waals surface area contributed by atoms with Gasteiger partial charge in [-0.25, -0.2) is 13.6 Å². The molecule has 0 saturated heterocycles. The van der Waals surface area contributed by atoms with E-state index in [1.165, 1.54) is 12.1 Å². The van der Waals surface area contributed by atoms with Gasteiger partial charge in [0.05, 0.1) is 6.54 Å². The first-order chi connectivity index (χ1) is 9.77. The van der Waals surface area contributed by atoms with Crippen molar-refractivity contribution < 1.29 is 31.6 Å². The normalized spacial score (nSPS) is 16.5. The van der Waals surface area contributed by atoms with Gasteiger partial charge in [-0.05, 0) is 29.7 Å². The fourth-order valence-electron chi connectivity index (χ4n) is 1.86. The minimum absolute atomic E-state index is 0.0344. The third-order valence-corrected chi connectivity index (χ3v) is 2.91. The Balaban J connectivity index is 2.02. The number of carbonyl (C=O) groups is 1. The van der Waals surface area contributed by atoms with Gasteiger partial charge in [0.1, 0.15) is 0 Å². The summed E-state index contributed by atoms with van der Waals surface area (Å²) in [5.41, 5.74) is 1.09. The standard InChI is InChI=1S/C13H10F5NO2/c14-10-2-1-9(7-11(10)15)8-3-5-19(6-4-8)21-12(20)13(16,17)18/h1-3,7H,4-6H2. The van der Waals surface area contributed by atoms with E-state index in [9.17, 15) is 26.7 Å². The number of alkyl halides is 3. The lowest BCUT2D eigenvalue weighted by Gasteiger charge is -2.25. The van der Waals surface area contributed by atoms with E-state index in [-0.39, 0.29) is 19.5 Å². The van der Waals surface area contributed by atoms with Gasteiger partial charge in [-0.15, -0.1) is 5.06 Å². The van der Waals surface area contributed by atoms with Gasteiger partial charge in [-0.3, -0.25) is 0 Å². The molecule has 0 spiro atoms. The van der Waals surface area contributed by atoms with E-state index >= 15 is 0 Å². The maximum Gasteiger partial charge on any atom is 0.492 e. The zero-order valence-corrected chi connectivity index (χ0v) is 10.6. The molecule has 0 atom stereocenters. The average Bonchev–Trinajstić information content (AvgIpc) is 2.42. The molecule has 0 unspecified atom stereocenters. The summed E-state index contributed by atoms with van der Waals surface area (Å²) in [6.45, 7) is -0.0250. The smallest absolute Gasteiger partial charge is 0.360 e. The Morgan fingerprint density at radius 2 is 1.90 bits per heavy atom. The molecule has 0 saturated carbocycles. The third-order valence-electron chi connectivity index (χ3n) is 2.91. The maximum atomic E-state index is 13.1. The van der Waals surface area contributed by atoms with Crippen molar-refractivity contribution in [2.75, 3.05) is 13.1 Å². The Morgan fingerprint density at radius 3 is 2.43 bits per heavy atom. The number of hydroxylamine groups is 2. The van der Waals surface area contributed by atoms with Crippen LogP contribution in [0.1, 0.15) is 12.0 Å². The van der Waals surface area contributed by atoms with E-state index in [2.05, 4.69) is 4.84 Å². The molecule has 1 aromatic carbocycles. The monoisotopic (exact) mass is 307 g/mol. The van der Waals surface area contributed by atoms with Gasteiger partial charge < -0.3 is 4.84 Å². The number of carbonyl (C=O) groups excluding carboxylic acids is 1. The lowest BCUT2D eigenvalue weighted by Crippen LogP contribution is -2.37. The number of benzene rings is 1. The van der Waals surface area contributed by atoms with Gasteiger partial charge >= 0.3 is 12.1 Å². The molecule has 0 fully saturated rings. The molecule has 0 aliphatic carbocycles. The van der Waals surface area contributed by atoms with Gasteiger partial charge in [0.25, 0.3) is 0 Å². The number of nitrogens with zero attached hydrogens (tertiary/aromatic N) is 1. The van der Waals surface area contributed by atoms with E-state index in [4.69, 9.17) is 0 Å². The van der Waals surface area contributed by atoms with Crippen LogP contribution in [-0.4, -0.2) is 30.3 Å². The van der Waals surface area contributed by atoms with Crippen LogP contribution in [-0.2, 0) is 9.63 Å². The van der Waals surface area contributed by atoms with Crippen LogP contribution in [0.2, 0.25) is 0 Å². The Morgan fingerprint density at radius 1 is 1.19 bits per heavy atom. The molecule has 8 heteroatoms. The van der Waals surface area contributed by atoms with Gasteiger partial charge in [-0.2, -0.15) is 13.2 Å². The first-order valence-electron chi connectivity index (χ1n) is 5.96. The van der Waals surface area contributed by atoms with Crippen LogP contribution in [0.25, 0.3) is 5.57 Å². The zero-order valence-electron chi connectivity index (χ0n) is 10.6. The third kappa shape index (κ3) is 3.78. The Labute approximate surface area is 116 Å². The number of hydrogen-bond donors (Lipinski definition) is 0. The van der Waals surface area contributed by atoms with Crippen molar-refractivity contribution in [3.05, 3.63) is 41.5 Å². The predicted molar refractivity (Wildman–Crippen MR) is 62.7 cm³/mol. The molecule has 0 radical (unpaired) electrons. The Bertz CT molecular complexity index is 582. The van der Waals surface area contributed by atoms with Crippen LogP contribution < -0.4 is 0 Å². The SMILES string of the molecule is O=C(ON1CC=C(c2ccc(F)c(F)c2)CC1)C(F)(F)F. The molecule has 0 N–H and O–H groups in total. The van der Waals surface area contributed by atoms with Crippen molar-refractivity contribution in [1.29, 1.82) is 0 Å². The molecule has 0 aromatic heterocycles. The molecule has 3 nitrogen and oxygen atoms in total. The van der Waals surface area contributed by atoms with Crippen molar-refractivity contribution in [2.24, 2.45) is 0 Å². The summed E-state index contributed by atoms with van der Waals surface area (Å²) >= 11 is 0. The summed E-state index contributed by atoms with van der Waals surface area (Å²) in [6.07, 6.45) is -3.31. The maximum absolute atomic E-state index is 13.1. The topological polar surface area (TPSA) is 29.5 Å². The highest BCUT2D eigenvalue weighted by atomic mass is 19.4. The molecule has 1 heterocycles. The number of hydrogen-bond acceptors (Lipinski definition) is 3. The van der Waals surface area contributed by atoms with Gasteiger partial charge in [-0.1, -0.05) is 12.1 Å². The highest BCUT2D eigenvalue weighted by Gasteiger charge is 2.42. The molecule has 114 valence electrons. The van der Waals surface area contributed by atoms with Crippen molar-refractivity contribution in [1.82, 2.24) is 5.06 Å². The van der Waals surface area contributed by atoms with E-state index < -0.39 is 23.8 Å². The molecule has 21 heavy (non-hydrogen) atoms. The minimum atomic E-state index is -5.05. The molecule has 1 aliphatic heterocycles. The highest BCUT2D eigenvalue weighted by Crippen LogP contribution is 2.25. The number of rotatable bonds is 2. The quantitative estimate of drug-likeness (QED) is 0.787. The Kier molecular flexibility index (Phi) is 4.26. The summed E-state index contributed by atoms with van der Waals surface area (Å²) in [5, 5.41) is 0.860. The summed E-state index contributed by atoms with van der Waals surface area (Å²) < 4.78 is 62.0. The minimum Gasteiger partial charge on any atom is -0.360 e. The van der Waals surface area contributed by atoms with E-state index in [0.29, 0.717) is 11.1 Å². The van der Waals surface area contributed by atoms with Crippen molar-refractivity contribution in [3.8, 4) is 0 Å². The summed E-state index contributed by atoms with van der Waals surface area (Å²) in [7, 11) is 0. The fraction of sp³-hybridized carbons (Fsp3) is 0.308. The van der Waals surface area contributed by atoms with Crippen molar-refractivity contribution in [3.63, 3.8) is 0 Å². The lowest BCUT2D eigenvalue weighted by atomic mass is 10.00. The molecule has 2 rings (SSSR count). The zero-order chi connectivity index (χ0) is 15.6. The van der Waals surface area contributed by atoms with Gasteiger partial charge in [0, 0.05) is 6.54 Å². The van der Waals surface area contributed by atoms with Crippen LogP contribution in [0.4, 0.5) is 22.0 Å². The van der Waals surface area contributed by atoms with Crippen molar-refractivity contribution >= 4 is 11.5 Å². The largest absolute Gasteiger partial charge is 0.492 e. The van der Waals surface area contributed by atoms with Crippen LogP contribution in [0.15, 0.2) is 24.3 Å². The molecule has 0 bridgehead atoms. The van der Waals surface area contributed by atoms with Crippen LogP contribution >= 0.6 is 0 Å². The summed E-state index contributed by atoms with van der Waals surface area (Å²) in [6, 6.07) is 3.36. The molecular formula is C13H10F5NO2. The first kappa shape index (κ1) is 15.4. The van der Waals surface area contributed by atoms with Crippen LogP contribution in [0.3, 0.4) is 0 Å². The van der Waals surface area contributed by atoms with Gasteiger partial charge in [0.15, 0.2) is 11.6 Å². The van der Waals surface area contributed by atoms with E-state index in [0.717, 1.165) is 17.2 Å². The second kappa shape index (κ2) is 5.80. The number of halogens is 5. The Hall–Kier alpha value is -1.96. The van der Waals surface area contributed by atoms with E-state index in [1.54, 1.807) is 0 Å². The van der Waals surface area contributed by atoms with Gasteiger partial charge in [0.2, 0.25) is 0 Å². The van der Waals surface area contributed by atoms with Crippen molar-refractivity contribution in [2.45, 2.75) is 12.6 Å². The first-order valence-corrected chi connectivity index (χ1v) is 5.96. The predicted octanol–water partition coefficient (Wildman–Crippen LogP) is 3.07. The summed E-state index contributed by atoms with van der Waals surface area (Å²) in [4.78, 5) is 14.8. The summed E-state index contributed by atoms with van der Waals surface area (Å²) in [5.74, 6) is -4.26. The average molecular weight is 307 g/mol. The fourth-order valence-corrected chi connectivity index (χ4v) is 1.86. The lowest BCUT2D eigenvalue weighted by molar-refractivity contribution is -0.237. The van der Waals surface area contributed by atoms with E-state index in [1.807, 2.05) is 0 Å². The molecule has 1 aliphatic rings. The second-order valence-corrected chi connectivity index (χ2v) is 4.37. The van der Waals surface area contributed by atoms with Crippen LogP contribution in [0.5, 0.6) is 0 Å². The van der Waals surface area contributed by atoms with Crippen LogP contribution in [0, 0.1) is 11.6 Å². The second-order valence-electron chi connectivity index (χ2n) is 4.37.